The number of piperidine rings is 1. The lowest BCUT2D eigenvalue weighted by atomic mass is 10.1. The minimum atomic E-state index is 0.380. The van der Waals surface area contributed by atoms with Gasteiger partial charge in [-0.25, -0.2) is 9.97 Å². The van der Waals surface area contributed by atoms with Crippen LogP contribution in [0.2, 0.25) is 5.02 Å². The van der Waals surface area contributed by atoms with E-state index in [1.807, 2.05) is 30.5 Å². The average molecular weight is 450 g/mol. The Bertz CT molecular complexity index is 1220. The number of fused-ring (bicyclic) bond motifs is 1. The van der Waals surface area contributed by atoms with Crippen molar-refractivity contribution in [1.82, 2.24) is 35.6 Å². The zero-order chi connectivity index (χ0) is 21.5. The summed E-state index contributed by atoms with van der Waals surface area (Å²) in [6, 6.07) is 10.1. The van der Waals surface area contributed by atoms with E-state index in [0.717, 1.165) is 35.8 Å². The highest BCUT2D eigenvalue weighted by Gasteiger charge is 2.58. The maximum atomic E-state index is 6.22. The third kappa shape index (κ3) is 3.56. The smallest absolute Gasteiger partial charge is 0.318 e. The van der Waals surface area contributed by atoms with E-state index in [4.69, 9.17) is 16.0 Å². The van der Waals surface area contributed by atoms with Crippen molar-refractivity contribution >= 4 is 23.6 Å². The van der Waals surface area contributed by atoms with Crippen molar-refractivity contribution in [1.29, 1.82) is 0 Å². The Morgan fingerprint density at radius 2 is 2.03 bits per heavy atom. The van der Waals surface area contributed by atoms with E-state index < -0.39 is 0 Å². The Morgan fingerprint density at radius 1 is 1.16 bits per heavy atom. The van der Waals surface area contributed by atoms with Crippen molar-refractivity contribution in [2.24, 2.45) is 11.8 Å². The highest BCUT2D eigenvalue weighted by Crippen LogP contribution is 2.58. The Morgan fingerprint density at radius 3 is 2.84 bits per heavy atom. The summed E-state index contributed by atoms with van der Waals surface area (Å²) in [6.45, 7) is 2.41. The van der Waals surface area contributed by atoms with Gasteiger partial charge in [0.05, 0.1) is 11.9 Å². The molecule has 0 spiro atoms. The first kappa shape index (κ1) is 19.2. The van der Waals surface area contributed by atoms with E-state index >= 15 is 0 Å². The second kappa shape index (κ2) is 7.86. The van der Waals surface area contributed by atoms with Gasteiger partial charge in [0, 0.05) is 36.8 Å². The number of hydrogen-bond donors (Lipinski definition) is 2. The second-order valence-electron chi connectivity index (χ2n) is 8.08. The third-order valence-corrected chi connectivity index (χ3v) is 6.53. The van der Waals surface area contributed by atoms with Crippen molar-refractivity contribution in [3.05, 3.63) is 59.0 Å². The van der Waals surface area contributed by atoms with E-state index in [-0.39, 0.29) is 0 Å². The van der Waals surface area contributed by atoms with Crippen LogP contribution in [0.3, 0.4) is 0 Å². The molecule has 0 radical (unpaired) electrons. The molecule has 2 fully saturated rings. The van der Waals surface area contributed by atoms with Crippen molar-refractivity contribution < 1.29 is 4.42 Å². The molecule has 3 aromatic heterocycles. The molecular formula is C21H20ClN9O. The van der Waals surface area contributed by atoms with E-state index in [9.17, 15) is 0 Å². The van der Waals surface area contributed by atoms with Gasteiger partial charge in [-0.3, -0.25) is 0 Å². The molecule has 2 aliphatic rings. The van der Waals surface area contributed by atoms with E-state index in [2.05, 4.69) is 45.8 Å². The number of halogens is 1. The Labute approximate surface area is 188 Å². The predicted molar refractivity (Wildman–Crippen MR) is 117 cm³/mol. The van der Waals surface area contributed by atoms with Gasteiger partial charge in [0.1, 0.15) is 5.69 Å². The zero-order valence-corrected chi connectivity index (χ0v) is 17.8. The molecular weight excluding hydrogens is 430 g/mol. The summed E-state index contributed by atoms with van der Waals surface area (Å²) in [7, 11) is 0. The molecule has 10 nitrogen and oxygen atoms in total. The van der Waals surface area contributed by atoms with Crippen LogP contribution in [0.5, 0.6) is 0 Å². The number of hydrogen-bond acceptors (Lipinski definition) is 9. The summed E-state index contributed by atoms with van der Waals surface area (Å²) in [6.07, 6.45) is 4.26. The fourth-order valence-electron chi connectivity index (χ4n) is 4.51. The van der Waals surface area contributed by atoms with E-state index in [1.54, 1.807) is 12.3 Å². The molecule has 1 saturated carbocycles. The van der Waals surface area contributed by atoms with Crippen molar-refractivity contribution in [3.63, 3.8) is 0 Å². The standard InChI is InChI=1S/C21H20ClN9O/c22-15-4-2-1-3-12(15)5-7-23-20-24-8-6-16(26-20)19-28-29-21(32-19)31-10-13-14(11-31)18(13)17-9-25-30-27-17/h1-4,6,8-9,13-14,18H,5,7,10-11H2,(H,23,24,26)(H,25,27,30). The number of H-pyrrole nitrogens is 1. The number of nitrogens with zero attached hydrogens (tertiary/aromatic N) is 7. The number of anilines is 2. The topological polar surface area (TPSA) is 122 Å². The minimum absolute atomic E-state index is 0.380. The van der Waals surface area contributed by atoms with Crippen LogP contribution in [0.15, 0.2) is 47.1 Å². The maximum Gasteiger partial charge on any atom is 0.318 e. The molecule has 2 N–H and O–H groups in total. The third-order valence-electron chi connectivity index (χ3n) is 6.16. The average Bonchev–Trinajstić information content (AvgIpc) is 3.35. The van der Waals surface area contributed by atoms with Crippen LogP contribution >= 0.6 is 11.6 Å². The van der Waals surface area contributed by atoms with Gasteiger partial charge in [0.25, 0.3) is 5.89 Å². The zero-order valence-electron chi connectivity index (χ0n) is 17.0. The Hall–Kier alpha value is -3.53. The number of nitrogens with one attached hydrogen (secondary N) is 2. The largest absolute Gasteiger partial charge is 0.402 e. The fraction of sp³-hybridized carbons (Fsp3) is 0.333. The monoisotopic (exact) mass is 449 g/mol. The van der Waals surface area contributed by atoms with Gasteiger partial charge in [0.15, 0.2) is 0 Å². The first-order chi connectivity index (χ1) is 15.8. The van der Waals surface area contributed by atoms with Gasteiger partial charge in [-0.1, -0.05) is 34.9 Å². The van der Waals surface area contributed by atoms with E-state index in [1.165, 1.54) is 0 Å². The molecule has 162 valence electrons. The van der Waals surface area contributed by atoms with Crippen LogP contribution in [-0.4, -0.2) is 55.2 Å². The van der Waals surface area contributed by atoms with Crippen LogP contribution in [-0.2, 0) is 6.42 Å². The normalized spacial score (nSPS) is 21.5. The summed E-state index contributed by atoms with van der Waals surface area (Å²) >= 11 is 6.22. The molecule has 1 saturated heterocycles. The molecule has 4 aromatic rings. The molecule has 0 bridgehead atoms. The van der Waals surface area contributed by atoms with Gasteiger partial charge in [-0.05, 0) is 36.0 Å². The van der Waals surface area contributed by atoms with Gasteiger partial charge in [-0.2, -0.15) is 15.4 Å². The second-order valence-corrected chi connectivity index (χ2v) is 8.48. The SMILES string of the molecule is Clc1ccccc1CCNc1nccc(-c2nnc(N3CC4C(C3)C4c3cn[nH]n3)o2)n1. The van der Waals surface area contributed by atoms with Gasteiger partial charge in [-0.15, -0.1) is 5.10 Å². The van der Waals surface area contributed by atoms with Gasteiger partial charge in [0.2, 0.25) is 5.95 Å². The lowest BCUT2D eigenvalue weighted by Crippen LogP contribution is -2.23. The van der Waals surface area contributed by atoms with Gasteiger partial charge >= 0.3 is 6.01 Å². The molecule has 4 heterocycles. The Kier molecular flexibility index (Phi) is 4.71. The van der Waals surface area contributed by atoms with Crippen molar-refractivity contribution in [3.8, 4) is 11.6 Å². The maximum absolute atomic E-state index is 6.22. The summed E-state index contributed by atoms with van der Waals surface area (Å²) in [5.74, 6) is 2.48. The summed E-state index contributed by atoms with van der Waals surface area (Å²) in [4.78, 5) is 10.9. The van der Waals surface area contributed by atoms with Crippen LogP contribution in [0.4, 0.5) is 12.0 Å². The molecule has 32 heavy (non-hydrogen) atoms. The molecule has 6 rings (SSSR count). The van der Waals surface area contributed by atoms with E-state index in [0.29, 0.717) is 47.8 Å². The minimum Gasteiger partial charge on any atom is -0.402 e. The molecule has 2 atom stereocenters. The first-order valence-electron chi connectivity index (χ1n) is 10.5. The number of rotatable bonds is 7. The van der Waals surface area contributed by atoms with Crippen LogP contribution in [0, 0.1) is 11.8 Å². The fourth-order valence-corrected chi connectivity index (χ4v) is 4.74. The predicted octanol–water partition coefficient (Wildman–Crippen LogP) is 2.80. The number of benzene rings is 1. The van der Waals surface area contributed by atoms with Gasteiger partial charge < -0.3 is 14.6 Å². The molecule has 0 amide bonds. The number of aromatic amines is 1. The number of aromatic nitrogens is 7. The summed E-state index contributed by atoms with van der Waals surface area (Å²) < 4.78 is 5.93. The highest BCUT2D eigenvalue weighted by atomic mass is 35.5. The molecule has 1 aromatic carbocycles. The summed E-state index contributed by atoms with van der Waals surface area (Å²) in [5, 5.41) is 23.3. The van der Waals surface area contributed by atoms with Crippen molar-refractivity contribution in [2.75, 3.05) is 29.9 Å². The summed E-state index contributed by atoms with van der Waals surface area (Å²) in [5.41, 5.74) is 2.71. The van der Waals surface area contributed by atoms with Crippen LogP contribution in [0.25, 0.3) is 11.6 Å². The molecule has 11 heteroatoms. The van der Waals surface area contributed by atoms with Crippen LogP contribution in [0.1, 0.15) is 17.2 Å². The highest BCUT2D eigenvalue weighted by molar-refractivity contribution is 6.31. The first-order valence-corrected chi connectivity index (χ1v) is 10.9. The Balaban J connectivity index is 1.08. The lowest BCUT2D eigenvalue weighted by molar-refractivity contribution is 0.542. The lowest BCUT2D eigenvalue weighted by Gasteiger charge is -2.15. The molecule has 2 unspecified atom stereocenters. The van der Waals surface area contributed by atoms with Crippen LogP contribution < -0.4 is 10.2 Å². The molecule has 1 aliphatic carbocycles. The quantitative estimate of drug-likeness (QED) is 0.438. The van der Waals surface area contributed by atoms with Crippen molar-refractivity contribution in [2.45, 2.75) is 12.3 Å². The molecule has 1 aliphatic heterocycles.